The summed E-state index contributed by atoms with van der Waals surface area (Å²) in [5.74, 6) is 1.24. The fourth-order valence-electron chi connectivity index (χ4n) is 1.91. The molecule has 1 heterocycles. The zero-order chi connectivity index (χ0) is 12.4. The van der Waals surface area contributed by atoms with Crippen LogP contribution in [0.5, 0.6) is 5.75 Å². The molecule has 92 valence electrons. The highest BCUT2D eigenvalue weighted by molar-refractivity contribution is 6.01. The van der Waals surface area contributed by atoms with Crippen LogP contribution >= 0.6 is 0 Å². The normalized spacial score (nSPS) is 14.8. The van der Waals surface area contributed by atoms with E-state index in [-0.39, 0.29) is 12.5 Å². The highest BCUT2D eigenvalue weighted by Gasteiger charge is 2.27. The number of benzene rings is 1. The van der Waals surface area contributed by atoms with E-state index in [1.807, 2.05) is 12.1 Å². The van der Waals surface area contributed by atoms with E-state index in [2.05, 4.69) is 13.8 Å². The van der Waals surface area contributed by atoms with Gasteiger partial charge in [0.1, 0.15) is 11.4 Å². The SMILES string of the molecule is CC(C)CCN1C(=O)COc2cccc(N)c21. The Morgan fingerprint density at radius 2 is 2.24 bits per heavy atom. The Bertz CT molecular complexity index is 429. The van der Waals surface area contributed by atoms with Crippen LogP contribution in [0.4, 0.5) is 11.4 Å². The molecule has 4 nitrogen and oxygen atoms in total. The third-order valence-electron chi connectivity index (χ3n) is 2.88. The van der Waals surface area contributed by atoms with Crippen molar-refractivity contribution < 1.29 is 9.53 Å². The number of para-hydroxylation sites is 1. The largest absolute Gasteiger partial charge is 0.481 e. The maximum absolute atomic E-state index is 11.9. The monoisotopic (exact) mass is 234 g/mol. The van der Waals surface area contributed by atoms with Crippen LogP contribution in [0.3, 0.4) is 0 Å². The first kappa shape index (κ1) is 11.8. The number of fused-ring (bicyclic) bond motifs is 1. The highest BCUT2D eigenvalue weighted by atomic mass is 16.5. The van der Waals surface area contributed by atoms with E-state index in [4.69, 9.17) is 10.5 Å². The summed E-state index contributed by atoms with van der Waals surface area (Å²) in [6.45, 7) is 5.08. The number of anilines is 2. The predicted octanol–water partition coefficient (Wildman–Crippen LogP) is 2.04. The zero-order valence-electron chi connectivity index (χ0n) is 10.3. The van der Waals surface area contributed by atoms with Crippen molar-refractivity contribution >= 4 is 17.3 Å². The molecule has 17 heavy (non-hydrogen) atoms. The van der Waals surface area contributed by atoms with Crippen molar-refractivity contribution in [3.8, 4) is 5.75 Å². The smallest absolute Gasteiger partial charge is 0.265 e. The van der Waals surface area contributed by atoms with Crippen LogP contribution in [-0.2, 0) is 4.79 Å². The Balaban J connectivity index is 2.29. The minimum absolute atomic E-state index is 0.0175. The van der Waals surface area contributed by atoms with E-state index >= 15 is 0 Å². The Labute approximate surface area is 101 Å². The van der Waals surface area contributed by atoms with Gasteiger partial charge in [0.25, 0.3) is 5.91 Å². The third-order valence-corrected chi connectivity index (χ3v) is 2.88. The minimum Gasteiger partial charge on any atom is -0.481 e. The van der Waals surface area contributed by atoms with Gasteiger partial charge in [0.2, 0.25) is 0 Å². The maximum atomic E-state index is 11.9. The van der Waals surface area contributed by atoms with E-state index in [1.54, 1.807) is 11.0 Å². The molecule has 0 saturated carbocycles. The molecule has 1 amide bonds. The van der Waals surface area contributed by atoms with Gasteiger partial charge in [-0.2, -0.15) is 0 Å². The number of nitrogens with two attached hydrogens (primary N) is 1. The molecule has 0 fully saturated rings. The Morgan fingerprint density at radius 1 is 1.47 bits per heavy atom. The molecule has 0 saturated heterocycles. The van der Waals surface area contributed by atoms with E-state index in [0.29, 0.717) is 23.9 Å². The van der Waals surface area contributed by atoms with Crippen LogP contribution in [0.2, 0.25) is 0 Å². The lowest BCUT2D eigenvalue weighted by Gasteiger charge is -2.30. The van der Waals surface area contributed by atoms with Crippen molar-refractivity contribution in [3.05, 3.63) is 18.2 Å². The van der Waals surface area contributed by atoms with Crippen LogP contribution < -0.4 is 15.4 Å². The van der Waals surface area contributed by atoms with E-state index in [0.717, 1.165) is 12.1 Å². The molecule has 0 spiro atoms. The Hall–Kier alpha value is -1.71. The van der Waals surface area contributed by atoms with Crippen molar-refractivity contribution in [2.45, 2.75) is 20.3 Å². The quantitative estimate of drug-likeness (QED) is 0.814. The Kier molecular flexibility index (Phi) is 3.22. The van der Waals surface area contributed by atoms with Gasteiger partial charge in [-0.3, -0.25) is 4.79 Å². The lowest BCUT2D eigenvalue weighted by Crippen LogP contribution is -2.40. The number of amides is 1. The molecular weight excluding hydrogens is 216 g/mol. The first-order valence-corrected chi connectivity index (χ1v) is 5.91. The molecule has 0 radical (unpaired) electrons. The van der Waals surface area contributed by atoms with Crippen molar-refractivity contribution in [2.24, 2.45) is 5.92 Å². The summed E-state index contributed by atoms with van der Waals surface area (Å²) < 4.78 is 5.38. The first-order chi connectivity index (χ1) is 8.09. The molecule has 0 unspecified atom stereocenters. The van der Waals surface area contributed by atoms with E-state index < -0.39 is 0 Å². The summed E-state index contributed by atoms with van der Waals surface area (Å²) in [5.41, 5.74) is 7.25. The molecule has 0 atom stereocenters. The number of rotatable bonds is 3. The van der Waals surface area contributed by atoms with Crippen LogP contribution in [-0.4, -0.2) is 19.1 Å². The number of nitrogens with zero attached hydrogens (tertiary/aromatic N) is 1. The summed E-state index contributed by atoms with van der Waals surface area (Å²) in [5, 5.41) is 0. The Morgan fingerprint density at radius 3 is 2.94 bits per heavy atom. The summed E-state index contributed by atoms with van der Waals surface area (Å²) in [6.07, 6.45) is 0.958. The summed E-state index contributed by atoms with van der Waals surface area (Å²) in [7, 11) is 0. The second-order valence-corrected chi connectivity index (χ2v) is 4.71. The molecule has 0 aromatic heterocycles. The fraction of sp³-hybridized carbons (Fsp3) is 0.462. The molecule has 2 rings (SSSR count). The number of hydrogen-bond acceptors (Lipinski definition) is 3. The minimum atomic E-state index is -0.0175. The zero-order valence-corrected chi connectivity index (χ0v) is 10.3. The van der Waals surface area contributed by atoms with Gasteiger partial charge >= 0.3 is 0 Å². The van der Waals surface area contributed by atoms with Gasteiger partial charge in [-0.15, -0.1) is 0 Å². The molecule has 2 N–H and O–H groups in total. The van der Waals surface area contributed by atoms with E-state index in [1.165, 1.54) is 0 Å². The molecule has 0 aliphatic carbocycles. The molecule has 1 aliphatic heterocycles. The van der Waals surface area contributed by atoms with Crippen molar-refractivity contribution in [1.82, 2.24) is 0 Å². The molecule has 4 heteroatoms. The second-order valence-electron chi connectivity index (χ2n) is 4.71. The lowest BCUT2D eigenvalue weighted by atomic mass is 10.1. The van der Waals surface area contributed by atoms with Crippen LogP contribution in [0.25, 0.3) is 0 Å². The number of nitrogen functional groups attached to an aromatic ring is 1. The van der Waals surface area contributed by atoms with Gasteiger partial charge in [-0.05, 0) is 24.5 Å². The van der Waals surface area contributed by atoms with Crippen LogP contribution in [0, 0.1) is 5.92 Å². The summed E-state index contributed by atoms with van der Waals surface area (Å²) >= 11 is 0. The fourth-order valence-corrected chi connectivity index (χ4v) is 1.91. The van der Waals surface area contributed by atoms with Gasteiger partial charge in [-0.1, -0.05) is 19.9 Å². The number of carbonyl (C=O) groups excluding carboxylic acids is 1. The van der Waals surface area contributed by atoms with Crippen LogP contribution in [0.15, 0.2) is 18.2 Å². The standard InChI is InChI=1S/C13H18N2O2/c1-9(2)6-7-15-12(16)8-17-11-5-3-4-10(14)13(11)15/h3-5,9H,6-8,14H2,1-2H3. The van der Waals surface area contributed by atoms with Gasteiger partial charge < -0.3 is 15.4 Å². The highest BCUT2D eigenvalue weighted by Crippen LogP contribution is 2.37. The number of hydrogen-bond donors (Lipinski definition) is 1. The average molecular weight is 234 g/mol. The van der Waals surface area contributed by atoms with Crippen molar-refractivity contribution in [2.75, 3.05) is 23.8 Å². The topological polar surface area (TPSA) is 55.6 Å². The van der Waals surface area contributed by atoms with Gasteiger partial charge in [0.15, 0.2) is 6.61 Å². The van der Waals surface area contributed by atoms with Crippen molar-refractivity contribution in [3.63, 3.8) is 0 Å². The molecule has 1 aliphatic rings. The van der Waals surface area contributed by atoms with Gasteiger partial charge in [0, 0.05) is 6.54 Å². The lowest BCUT2D eigenvalue weighted by molar-refractivity contribution is -0.121. The first-order valence-electron chi connectivity index (χ1n) is 5.91. The number of carbonyl (C=O) groups is 1. The maximum Gasteiger partial charge on any atom is 0.265 e. The van der Waals surface area contributed by atoms with Crippen LogP contribution in [0.1, 0.15) is 20.3 Å². The summed E-state index contributed by atoms with van der Waals surface area (Å²) in [4.78, 5) is 13.6. The van der Waals surface area contributed by atoms with Gasteiger partial charge in [-0.25, -0.2) is 0 Å². The molecule has 1 aromatic carbocycles. The molecular formula is C13H18N2O2. The second kappa shape index (κ2) is 4.65. The van der Waals surface area contributed by atoms with E-state index in [9.17, 15) is 4.79 Å². The van der Waals surface area contributed by atoms with Crippen molar-refractivity contribution in [1.29, 1.82) is 0 Å². The summed E-state index contributed by atoms with van der Waals surface area (Å²) in [6, 6.07) is 5.48. The van der Waals surface area contributed by atoms with Gasteiger partial charge in [0.05, 0.1) is 5.69 Å². The molecule has 0 bridgehead atoms. The molecule has 1 aromatic rings. The average Bonchev–Trinajstić information content (AvgIpc) is 2.28. The number of ether oxygens (including phenoxy) is 1. The third kappa shape index (κ3) is 2.35. The predicted molar refractivity (Wildman–Crippen MR) is 68.2 cm³/mol.